The molecule has 1 aliphatic carbocycles. The van der Waals surface area contributed by atoms with Crippen LogP contribution in [0.5, 0.6) is 5.75 Å². The second-order valence-electron chi connectivity index (χ2n) is 7.86. The quantitative estimate of drug-likeness (QED) is 0.694. The van der Waals surface area contributed by atoms with Crippen molar-refractivity contribution >= 4 is 11.8 Å². The molecule has 0 amide bonds. The average molecular weight is 423 g/mol. The Morgan fingerprint density at radius 3 is 2.50 bits per heavy atom. The van der Waals surface area contributed by atoms with Crippen LogP contribution in [-0.4, -0.2) is 42.5 Å². The average Bonchev–Trinajstić information content (AvgIpc) is 2.68. The van der Waals surface area contributed by atoms with E-state index in [4.69, 9.17) is 0 Å². The van der Waals surface area contributed by atoms with E-state index in [1.165, 1.54) is 12.1 Å². The van der Waals surface area contributed by atoms with Gasteiger partial charge in [-0.3, -0.25) is 0 Å². The third-order valence-electron chi connectivity index (χ3n) is 5.16. The summed E-state index contributed by atoms with van der Waals surface area (Å²) in [5.41, 5.74) is 1.80. The standard InChI is InChI=1S/C21H28F3N5O/c1-14-12-26-20(28-19(14)29(2)3)27-17-9-7-16(8-10-17)25-13-15-5-4-6-18(11-15)30-21(22,23)24/h4-6,11-12,16-17,25H,7-10,13H2,1-3H3,(H,26,27,28). The highest BCUT2D eigenvalue weighted by molar-refractivity contribution is 5.47. The van der Waals surface area contributed by atoms with Crippen molar-refractivity contribution in [2.75, 3.05) is 24.3 Å². The van der Waals surface area contributed by atoms with Crippen molar-refractivity contribution in [1.29, 1.82) is 0 Å². The van der Waals surface area contributed by atoms with Gasteiger partial charge in [0.15, 0.2) is 0 Å². The molecule has 1 heterocycles. The topological polar surface area (TPSA) is 62.3 Å². The molecule has 0 aliphatic heterocycles. The summed E-state index contributed by atoms with van der Waals surface area (Å²) >= 11 is 0. The molecule has 0 bridgehead atoms. The van der Waals surface area contributed by atoms with Gasteiger partial charge in [0.2, 0.25) is 5.95 Å². The van der Waals surface area contributed by atoms with Gasteiger partial charge in [0.05, 0.1) is 0 Å². The minimum atomic E-state index is -4.67. The fourth-order valence-corrected chi connectivity index (χ4v) is 3.69. The number of anilines is 2. The maximum absolute atomic E-state index is 12.4. The number of hydrogen-bond donors (Lipinski definition) is 2. The molecule has 164 valence electrons. The van der Waals surface area contributed by atoms with Crippen LogP contribution in [0, 0.1) is 6.92 Å². The monoisotopic (exact) mass is 423 g/mol. The van der Waals surface area contributed by atoms with Crippen LogP contribution in [0.3, 0.4) is 0 Å². The van der Waals surface area contributed by atoms with Crippen molar-refractivity contribution in [2.24, 2.45) is 0 Å². The smallest absolute Gasteiger partial charge is 0.406 e. The zero-order valence-corrected chi connectivity index (χ0v) is 17.5. The summed E-state index contributed by atoms with van der Waals surface area (Å²) in [6.07, 6.45) is 1.05. The molecule has 1 aromatic heterocycles. The molecule has 0 spiro atoms. The van der Waals surface area contributed by atoms with Gasteiger partial charge in [0.1, 0.15) is 11.6 Å². The predicted octanol–water partition coefficient (Wildman–Crippen LogP) is 4.26. The van der Waals surface area contributed by atoms with E-state index in [-0.39, 0.29) is 5.75 Å². The molecule has 3 rings (SSSR count). The van der Waals surface area contributed by atoms with Crippen molar-refractivity contribution in [3.05, 3.63) is 41.6 Å². The van der Waals surface area contributed by atoms with Crippen molar-refractivity contribution < 1.29 is 17.9 Å². The van der Waals surface area contributed by atoms with Gasteiger partial charge in [-0.05, 0) is 50.3 Å². The van der Waals surface area contributed by atoms with Crippen molar-refractivity contribution in [2.45, 2.75) is 57.6 Å². The fourth-order valence-electron chi connectivity index (χ4n) is 3.69. The van der Waals surface area contributed by atoms with Crippen LogP contribution in [0.1, 0.15) is 36.8 Å². The minimum Gasteiger partial charge on any atom is -0.406 e. The summed E-state index contributed by atoms with van der Waals surface area (Å²) in [4.78, 5) is 10.9. The highest BCUT2D eigenvalue weighted by Crippen LogP contribution is 2.25. The first-order valence-electron chi connectivity index (χ1n) is 10.0. The highest BCUT2D eigenvalue weighted by atomic mass is 19.4. The van der Waals surface area contributed by atoms with E-state index >= 15 is 0 Å². The van der Waals surface area contributed by atoms with E-state index in [0.717, 1.165) is 42.6 Å². The van der Waals surface area contributed by atoms with Gasteiger partial charge in [-0.2, -0.15) is 4.98 Å². The second-order valence-corrected chi connectivity index (χ2v) is 7.86. The first kappa shape index (κ1) is 22.1. The Kier molecular flexibility index (Phi) is 7.02. The summed E-state index contributed by atoms with van der Waals surface area (Å²) < 4.78 is 41.1. The molecule has 6 nitrogen and oxygen atoms in total. The number of nitrogens with one attached hydrogen (secondary N) is 2. The van der Waals surface area contributed by atoms with Gasteiger partial charge < -0.3 is 20.3 Å². The SMILES string of the molecule is Cc1cnc(NC2CCC(NCc3cccc(OC(F)(F)F)c3)CC2)nc1N(C)C. The third kappa shape index (κ3) is 6.48. The minimum absolute atomic E-state index is 0.190. The summed E-state index contributed by atoms with van der Waals surface area (Å²) in [5, 5.41) is 6.87. The lowest BCUT2D eigenvalue weighted by Crippen LogP contribution is -2.37. The molecule has 2 N–H and O–H groups in total. The lowest BCUT2D eigenvalue weighted by Gasteiger charge is -2.30. The first-order chi connectivity index (χ1) is 14.2. The normalized spacial score (nSPS) is 19.4. The molecule has 1 aliphatic rings. The number of ether oxygens (including phenoxy) is 1. The molecule has 2 aromatic rings. The number of benzene rings is 1. The lowest BCUT2D eigenvalue weighted by atomic mass is 9.91. The van der Waals surface area contributed by atoms with E-state index < -0.39 is 6.36 Å². The summed E-state index contributed by atoms with van der Waals surface area (Å²) in [6, 6.07) is 6.73. The molecule has 0 saturated heterocycles. The van der Waals surface area contributed by atoms with Gasteiger partial charge in [-0.1, -0.05) is 12.1 Å². The lowest BCUT2D eigenvalue weighted by molar-refractivity contribution is -0.274. The summed E-state index contributed by atoms with van der Waals surface area (Å²) in [6.45, 7) is 2.49. The van der Waals surface area contributed by atoms with Crippen LogP contribution in [0.15, 0.2) is 30.5 Å². The Balaban J connectivity index is 1.46. The van der Waals surface area contributed by atoms with Gasteiger partial charge in [0, 0.05) is 44.5 Å². The molecule has 0 unspecified atom stereocenters. The molecule has 1 saturated carbocycles. The first-order valence-corrected chi connectivity index (χ1v) is 10.0. The number of hydrogen-bond acceptors (Lipinski definition) is 6. The van der Waals surface area contributed by atoms with Crippen LogP contribution >= 0.6 is 0 Å². The Labute approximate surface area is 174 Å². The zero-order chi connectivity index (χ0) is 21.7. The molecule has 1 fully saturated rings. The zero-order valence-electron chi connectivity index (χ0n) is 17.5. The predicted molar refractivity (Wildman–Crippen MR) is 111 cm³/mol. The van der Waals surface area contributed by atoms with Crippen molar-refractivity contribution in [3.63, 3.8) is 0 Å². The van der Waals surface area contributed by atoms with E-state index in [0.29, 0.717) is 24.6 Å². The maximum Gasteiger partial charge on any atom is 0.573 e. The molecular formula is C21H28F3N5O. The van der Waals surface area contributed by atoms with Gasteiger partial charge >= 0.3 is 6.36 Å². The third-order valence-corrected chi connectivity index (χ3v) is 5.16. The molecule has 0 atom stereocenters. The Hall–Kier alpha value is -2.55. The molecule has 1 aromatic carbocycles. The van der Waals surface area contributed by atoms with Gasteiger partial charge in [0.25, 0.3) is 0 Å². The van der Waals surface area contributed by atoms with E-state index in [9.17, 15) is 13.2 Å². The Morgan fingerprint density at radius 2 is 1.83 bits per heavy atom. The van der Waals surface area contributed by atoms with Gasteiger partial charge in [-0.25, -0.2) is 4.98 Å². The van der Waals surface area contributed by atoms with E-state index in [1.54, 1.807) is 12.1 Å². The number of aromatic nitrogens is 2. The number of rotatable bonds is 7. The van der Waals surface area contributed by atoms with Crippen molar-refractivity contribution in [3.8, 4) is 5.75 Å². The summed E-state index contributed by atoms with van der Waals surface area (Å²) in [7, 11) is 3.92. The molecular weight excluding hydrogens is 395 g/mol. The van der Waals surface area contributed by atoms with Crippen LogP contribution in [0.25, 0.3) is 0 Å². The second kappa shape index (κ2) is 9.51. The van der Waals surface area contributed by atoms with Crippen molar-refractivity contribution in [1.82, 2.24) is 15.3 Å². The van der Waals surface area contributed by atoms with Crippen LogP contribution < -0.4 is 20.3 Å². The fraction of sp³-hybridized carbons (Fsp3) is 0.524. The van der Waals surface area contributed by atoms with Gasteiger partial charge in [-0.15, -0.1) is 13.2 Å². The Bertz CT molecular complexity index is 836. The molecule has 30 heavy (non-hydrogen) atoms. The summed E-state index contributed by atoms with van der Waals surface area (Å²) in [5.74, 6) is 1.35. The number of aryl methyl sites for hydroxylation is 1. The Morgan fingerprint density at radius 1 is 1.13 bits per heavy atom. The molecule has 0 radical (unpaired) electrons. The van der Waals surface area contributed by atoms with Crippen LogP contribution in [0.4, 0.5) is 24.9 Å². The maximum atomic E-state index is 12.4. The van der Waals surface area contributed by atoms with Crippen LogP contribution in [0.2, 0.25) is 0 Å². The van der Waals surface area contributed by atoms with Crippen LogP contribution in [-0.2, 0) is 6.54 Å². The largest absolute Gasteiger partial charge is 0.573 e. The number of nitrogens with zero attached hydrogens (tertiary/aromatic N) is 3. The number of halogens is 3. The number of alkyl halides is 3. The molecule has 9 heteroatoms. The highest BCUT2D eigenvalue weighted by Gasteiger charge is 2.31. The van der Waals surface area contributed by atoms with E-state index in [1.807, 2.05) is 32.1 Å². The van der Waals surface area contributed by atoms with E-state index in [2.05, 4.69) is 25.3 Å².